The highest BCUT2D eigenvalue weighted by Crippen LogP contribution is 2.32. The van der Waals surface area contributed by atoms with Crippen LogP contribution in [0.15, 0.2) is 60.9 Å². The quantitative estimate of drug-likeness (QED) is 0.439. The van der Waals surface area contributed by atoms with Crippen molar-refractivity contribution < 1.29 is 19.4 Å². The number of anilines is 2. The van der Waals surface area contributed by atoms with Gasteiger partial charge in [-0.05, 0) is 42.0 Å². The zero-order valence-corrected chi connectivity index (χ0v) is 16.8. The number of hydrogen-bond donors (Lipinski definition) is 2. The second kappa shape index (κ2) is 8.54. The van der Waals surface area contributed by atoms with Gasteiger partial charge in [-0.1, -0.05) is 12.1 Å². The second-order valence-electron chi connectivity index (χ2n) is 6.48. The lowest BCUT2D eigenvalue weighted by Crippen LogP contribution is -2.04. The summed E-state index contributed by atoms with van der Waals surface area (Å²) in [7, 11) is 3.17. The van der Waals surface area contributed by atoms with Gasteiger partial charge in [-0.2, -0.15) is 9.61 Å². The number of carboxylic acid groups (broad SMARTS) is 1. The number of benzene rings is 2. The molecule has 0 aliphatic carbocycles. The molecule has 0 spiro atoms. The van der Waals surface area contributed by atoms with Gasteiger partial charge in [0.05, 0.1) is 19.9 Å². The molecule has 0 atom stereocenters. The summed E-state index contributed by atoms with van der Waals surface area (Å²) < 4.78 is 12.3. The highest BCUT2D eigenvalue weighted by Gasteiger charge is 2.12. The Bertz CT molecular complexity index is 1260. The van der Waals surface area contributed by atoms with E-state index in [2.05, 4.69) is 15.4 Å². The third kappa shape index (κ3) is 4.30. The smallest absolute Gasteiger partial charge is 0.328 e. The normalized spacial score (nSPS) is 11.0. The minimum atomic E-state index is -0.994. The summed E-state index contributed by atoms with van der Waals surface area (Å²) in [5.74, 6) is 0.716. The molecule has 0 fully saturated rings. The Balaban J connectivity index is 1.69. The maximum atomic E-state index is 10.7. The molecular formula is C22H19N5O4. The first kappa shape index (κ1) is 19.9. The van der Waals surface area contributed by atoms with Crippen LogP contribution in [0.2, 0.25) is 0 Å². The number of nitrogens with one attached hydrogen (secondary N) is 1. The van der Waals surface area contributed by atoms with Crippen LogP contribution in [-0.4, -0.2) is 44.9 Å². The van der Waals surface area contributed by atoms with Crippen molar-refractivity contribution in [2.24, 2.45) is 0 Å². The number of hydrogen-bond acceptors (Lipinski definition) is 7. The predicted octanol–water partition coefficient (Wildman–Crippen LogP) is 3.65. The first-order valence-electron chi connectivity index (χ1n) is 9.28. The molecule has 0 aliphatic rings. The summed E-state index contributed by atoms with van der Waals surface area (Å²) in [6.07, 6.45) is 4.08. The molecule has 2 N–H and O–H groups in total. The van der Waals surface area contributed by atoms with Crippen molar-refractivity contribution in [3.05, 3.63) is 66.5 Å². The average molecular weight is 417 g/mol. The molecule has 31 heavy (non-hydrogen) atoms. The molecular weight excluding hydrogens is 398 g/mol. The van der Waals surface area contributed by atoms with Gasteiger partial charge >= 0.3 is 5.97 Å². The molecule has 2 aromatic carbocycles. The summed E-state index contributed by atoms with van der Waals surface area (Å²) in [6, 6.07) is 14.7. The molecule has 2 aromatic heterocycles. The molecule has 0 amide bonds. The monoisotopic (exact) mass is 417 g/mol. The fourth-order valence-electron chi connectivity index (χ4n) is 3.03. The van der Waals surface area contributed by atoms with E-state index in [9.17, 15) is 4.79 Å². The lowest BCUT2D eigenvalue weighted by Gasteiger charge is -2.12. The summed E-state index contributed by atoms with van der Waals surface area (Å²) >= 11 is 0. The SMILES string of the molecule is COc1ccc(-c2cc3ncnn3c(Nc3ccc(/C=C/C(=O)O)cc3)n2)cc1OC. The van der Waals surface area contributed by atoms with E-state index in [1.165, 1.54) is 12.4 Å². The van der Waals surface area contributed by atoms with Crippen molar-refractivity contribution in [3.63, 3.8) is 0 Å². The number of fused-ring (bicyclic) bond motifs is 1. The van der Waals surface area contributed by atoms with E-state index in [1.54, 1.807) is 30.9 Å². The molecule has 9 heteroatoms. The van der Waals surface area contributed by atoms with Crippen LogP contribution < -0.4 is 14.8 Å². The Morgan fingerprint density at radius 1 is 1.06 bits per heavy atom. The number of carbonyl (C=O) groups is 1. The number of carboxylic acids is 1. The van der Waals surface area contributed by atoms with Gasteiger partial charge in [-0.3, -0.25) is 0 Å². The fourth-order valence-corrected chi connectivity index (χ4v) is 3.03. The van der Waals surface area contributed by atoms with Gasteiger partial charge in [-0.25, -0.2) is 14.8 Å². The summed E-state index contributed by atoms with van der Waals surface area (Å²) in [5, 5.41) is 16.2. The maximum Gasteiger partial charge on any atom is 0.328 e. The summed E-state index contributed by atoms with van der Waals surface area (Å²) in [6.45, 7) is 0. The van der Waals surface area contributed by atoms with Crippen molar-refractivity contribution in [2.45, 2.75) is 0 Å². The van der Waals surface area contributed by atoms with Gasteiger partial charge in [0, 0.05) is 23.4 Å². The van der Waals surface area contributed by atoms with Crippen LogP contribution in [0.25, 0.3) is 23.0 Å². The molecule has 9 nitrogen and oxygen atoms in total. The first-order valence-corrected chi connectivity index (χ1v) is 9.28. The highest BCUT2D eigenvalue weighted by molar-refractivity contribution is 5.85. The van der Waals surface area contributed by atoms with Crippen molar-refractivity contribution in [3.8, 4) is 22.8 Å². The van der Waals surface area contributed by atoms with E-state index in [0.29, 0.717) is 28.8 Å². The van der Waals surface area contributed by atoms with Crippen LogP contribution in [0.4, 0.5) is 11.6 Å². The molecule has 0 bridgehead atoms. The molecule has 0 aliphatic heterocycles. The van der Waals surface area contributed by atoms with Crippen LogP contribution in [0.1, 0.15) is 5.56 Å². The molecule has 4 rings (SSSR count). The molecule has 4 aromatic rings. The first-order chi connectivity index (χ1) is 15.1. The number of ether oxygens (including phenoxy) is 2. The maximum absolute atomic E-state index is 10.7. The summed E-state index contributed by atoms with van der Waals surface area (Å²) in [4.78, 5) is 19.7. The van der Waals surface area contributed by atoms with Crippen LogP contribution >= 0.6 is 0 Å². The van der Waals surface area contributed by atoms with Crippen molar-refractivity contribution in [2.75, 3.05) is 19.5 Å². The summed E-state index contributed by atoms with van der Waals surface area (Å²) in [5.41, 5.74) is 3.68. The Kier molecular flexibility index (Phi) is 5.48. The minimum Gasteiger partial charge on any atom is -0.493 e. The van der Waals surface area contributed by atoms with E-state index in [-0.39, 0.29) is 0 Å². The second-order valence-corrected chi connectivity index (χ2v) is 6.48. The number of aliphatic carboxylic acids is 1. The van der Waals surface area contributed by atoms with Crippen LogP contribution in [0.5, 0.6) is 11.5 Å². The van der Waals surface area contributed by atoms with Gasteiger partial charge in [-0.15, -0.1) is 0 Å². The number of aromatic nitrogens is 4. The van der Waals surface area contributed by atoms with Crippen molar-refractivity contribution >= 4 is 29.3 Å². The van der Waals surface area contributed by atoms with Crippen LogP contribution in [-0.2, 0) is 4.79 Å². The Morgan fingerprint density at radius 3 is 2.55 bits per heavy atom. The lowest BCUT2D eigenvalue weighted by molar-refractivity contribution is -0.131. The topological polar surface area (TPSA) is 111 Å². The van der Waals surface area contributed by atoms with E-state index < -0.39 is 5.97 Å². The Labute approximate surface area is 177 Å². The minimum absolute atomic E-state index is 0.480. The number of methoxy groups -OCH3 is 2. The zero-order valence-electron chi connectivity index (χ0n) is 16.8. The van der Waals surface area contributed by atoms with Crippen LogP contribution in [0, 0.1) is 0 Å². The number of rotatable bonds is 7. The molecule has 0 radical (unpaired) electrons. The van der Waals surface area contributed by atoms with E-state index >= 15 is 0 Å². The molecule has 0 saturated heterocycles. The van der Waals surface area contributed by atoms with E-state index in [1.807, 2.05) is 36.4 Å². The molecule has 2 heterocycles. The van der Waals surface area contributed by atoms with Gasteiger partial charge in [0.15, 0.2) is 17.1 Å². The van der Waals surface area contributed by atoms with Crippen molar-refractivity contribution in [1.29, 1.82) is 0 Å². The molecule has 156 valence electrons. The fraction of sp³-hybridized carbons (Fsp3) is 0.0909. The third-order valence-corrected chi connectivity index (χ3v) is 4.53. The van der Waals surface area contributed by atoms with E-state index in [0.717, 1.165) is 22.9 Å². The van der Waals surface area contributed by atoms with Crippen LogP contribution in [0.3, 0.4) is 0 Å². The Hall–Kier alpha value is -4.40. The van der Waals surface area contributed by atoms with Gasteiger partial charge in [0.25, 0.3) is 0 Å². The number of nitrogens with zero attached hydrogens (tertiary/aromatic N) is 4. The Morgan fingerprint density at radius 2 is 1.84 bits per heavy atom. The average Bonchev–Trinajstić information content (AvgIpc) is 3.27. The largest absolute Gasteiger partial charge is 0.493 e. The van der Waals surface area contributed by atoms with Gasteiger partial charge in [0.1, 0.15) is 6.33 Å². The molecule has 0 unspecified atom stereocenters. The van der Waals surface area contributed by atoms with E-state index in [4.69, 9.17) is 19.6 Å². The third-order valence-electron chi connectivity index (χ3n) is 4.53. The highest BCUT2D eigenvalue weighted by atomic mass is 16.5. The predicted molar refractivity (Wildman–Crippen MR) is 116 cm³/mol. The van der Waals surface area contributed by atoms with Gasteiger partial charge in [0.2, 0.25) is 5.95 Å². The zero-order chi connectivity index (χ0) is 21.8. The standard InChI is InChI=1S/C22H19N5O4/c1-30-18-9-6-15(11-19(18)31-2)17-12-20-23-13-24-27(20)22(26-17)25-16-7-3-14(4-8-16)5-10-21(28)29/h3-13H,1-2H3,(H,25,26)(H,28,29)/b10-5+. The van der Waals surface area contributed by atoms with Crippen molar-refractivity contribution in [1.82, 2.24) is 19.6 Å². The van der Waals surface area contributed by atoms with Gasteiger partial charge < -0.3 is 19.9 Å². The lowest BCUT2D eigenvalue weighted by atomic mass is 10.1. The molecule has 0 saturated carbocycles.